The van der Waals surface area contributed by atoms with Crippen molar-refractivity contribution in [3.63, 3.8) is 0 Å². The van der Waals surface area contributed by atoms with Crippen LogP contribution in [0.15, 0.2) is 18.2 Å². The van der Waals surface area contributed by atoms with Gasteiger partial charge in [-0.1, -0.05) is 0 Å². The zero-order chi connectivity index (χ0) is 12.8. The number of carbonyl (C=O) groups is 1. The molecule has 0 aliphatic heterocycles. The number of aliphatic carboxylic acids is 1. The first-order valence-corrected chi connectivity index (χ1v) is 4.71. The third-order valence-electron chi connectivity index (χ3n) is 1.93. The third-order valence-corrected chi connectivity index (χ3v) is 1.93. The van der Waals surface area contributed by atoms with Gasteiger partial charge in [0.05, 0.1) is 31.1 Å². The molecule has 7 heteroatoms. The molecule has 0 bridgehead atoms. The van der Waals surface area contributed by atoms with Gasteiger partial charge in [-0.05, 0) is 12.1 Å². The summed E-state index contributed by atoms with van der Waals surface area (Å²) in [7, 11) is 1.33. The Morgan fingerprint density at radius 2 is 2.24 bits per heavy atom. The van der Waals surface area contributed by atoms with Crippen molar-refractivity contribution in [3.05, 3.63) is 28.3 Å². The topological polar surface area (TPSA) is 98.9 Å². The molecule has 17 heavy (non-hydrogen) atoms. The van der Waals surface area contributed by atoms with E-state index in [-0.39, 0.29) is 30.2 Å². The molecular formula is C10H11NO6. The van der Waals surface area contributed by atoms with E-state index in [0.717, 1.165) is 0 Å². The monoisotopic (exact) mass is 241 g/mol. The number of nitrogens with zero attached hydrogens (tertiary/aromatic N) is 1. The summed E-state index contributed by atoms with van der Waals surface area (Å²) in [5.74, 6) is -0.632. The van der Waals surface area contributed by atoms with Gasteiger partial charge >= 0.3 is 11.7 Å². The molecule has 7 nitrogen and oxygen atoms in total. The summed E-state index contributed by atoms with van der Waals surface area (Å²) in [6.07, 6.45) is -0.167. The molecule has 0 amide bonds. The van der Waals surface area contributed by atoms with Gasteiger partial charge in [-0.3, -0.25) is 14.9 Å². The number of carboxylic acid groups (broad SMARTS) is 1. The van der Waals surface area contributed by atoms with Gasteiger partial charge in [-0.2, -0.15) is 0 Å². The first-order valence-electron chi connectivity index (χ1n) is 4.71. The van der Waals surface area contributed by atoms with Crippen LogP contribution in [0.2, 0.25) is 0 Å². The lowest BCUT2D eigenvalue weighted by Crippen LogP contribution is -2.05. The Hall–Kier alpha value is -2.31. The van der Waals surface area contributed by atoms with Gasteiger partial charge in [0.15, 0.2) is 5.75 Å². The fourth-order valence-electron chi connectivity index (χ4n) is 1.16. The molecule has 0 aliphatic rings. The second-order valence-corrected chi connectivity index (χ2v) is 3.08. The predicted octanol–water partition coefficient (Wildman–Crippen LogP) is 1.46. The number of rotatable bonds is 6. The highest BCUT2D eigenvalue weighted by molar-refractivity contribution is 5.66. The lowest BCUT2D eigenvalue weighted by Gasteiger charge is -2.06. The maximum absolute atomic E-state index is 10.7. The maximum atomic E-state index is 10.7. The Labute approximate surface area is 96.7 Å². The molecule has 1 N–H and O–H groups in total. The van der Waals surface area contributed by atoms with Gasteiger partial charge in [0.2, 0.25) is 0 Å². The zero-order valence-corrected chi connectivity index (χ0v) is 9.08. The number of nitro groups is 1. The highest BCUT2D eigenvalue weighted by Gasteiger charge is 2.15. The van der Waals surface area contributed by atoms with E-state index in [9.17, 15) is 14.9 Å². The molecule has 0 unspecified atom stereocenters. The van der Waals surface area contributed by atoms with Crippen LogP contribution in [0, 0.1) is 10.1 Å². The predicted molar refractivity (Wildman–Crippen MR) is 57.4 cm³/mol. The van der Waals surface area contributed by atoms with Crippen LogP contribution in [0.5, 0.6) is 11.5 Å². The van der Waals surface area contributed by atoms with Crippen LogP contribution in [0.3, 0.4) is 0 Å². The van der Waals surface area contributed by atoms with Gasteiger partial charge in [-0.25, -0.2) is 0 Å². The molecule has 0 heterocycles. The van der Waals surface area contributed by atoms with E-state index in [1.54, 1.807) is 0 Å². The third kappa shape index (κ3) is 3.63. The molecule has 0 spiro atoms. The van der Waals surface area contributed by atoms with Crippen LogP contribution in [0.25, 0.3) is 0 Å². The number of ether oxygens (including phenoxy) is 2. The Morgan fingerprint density at radius 3 is 2.76 bits per heavy atom. The summed E-state index contributed by atoms with van der Waals surface area (Å²) in [6, 6.07) is 4.07. The number of methoxy groups -OCH3 is 1. The van der Waals surface area contributed by atoms with Crippen LogP contribution in [0.4, 0.5) is 5.69 Å². The molecule has 1 aromatic rings. The summed E-state index contributed by atoms with van der Waals surface area (Å²) < 4.78 is 9.88. The van der Waals surface area contributed by atoms with Gasteiger partial charge in [-0.15, -0.1) is 0 Å². The number of nitro benzene ring substituents is 1. The normalized spacial score (nSPS) is 9.71. The van der Waals surface area contributed by atoms with E-state index in [4.69, 9.17) is 14.6 Å². The Kier molecular flexibility index (Phi) is 4.27. The Balaban J connectivity index is 2.78. The van der Waals surface area contributed by atoms with E-state index >= 15 is 0 Å². The van der Waals surface area contributed by atoms with Gasteiger partial charge in [0.1, 0.15) is 5.75 Å². The average molecular weight is 241 g/mol. The first-order chi connectivity index (χ1) is 8.04. The highest BCUT2D eigenvalue weighted by Crippen LogP contribution is 2.30. The summed E-state index contributed by atoms with van der Waals surface area (Å²) >= 11 is 0. The van der Waals surface area contributed by atoms with E-state index < -0.39 is 10.9 Å². The minimum Gasteiger partial charge on any atom is -0.493 e. The van der Waals surface area contributed by atoms with Crippen molar-refractivity contribution in [1.29, 1.82) is 0 Å². The first kappa shape index (κ1) is 12.8. The van der Waals surface area contributed by atoms with Gasteiger partial charge in [0, 0.05) is 0 Å². The van der Waals surface area contributed by atoms with Crippen LogP contribution >= 0.6 is 0 Å². The Bertz CT molecular complexity index is 431. The molecule has 1 rings (SSSR count). The van der Waals surface area contributed by atoms with Crippen LogP contribution < -0.4 is 9.47 Å². The minimum atomic E-state index is -0.993. The quantitative estimate of drug-likeness (QED) is 0.597. The van der Waals surface area contributed by atoms with Crippen molar-refractivity contribution < 1.29 is 24.3 Å². The Morgan fingerprint density at radius 1 is 1.53 bits per heavy atom. The van der Waals surface area contributed by atoms with E-state index in [0.29, 0.717) is 0 Å². The molecule has 0 aliphatic carbocycles. The van der Waals surface area contributed by atoms with Gasteiger partial charge in [0.25, 0.3) is 0 Å². The van der Waals surface area contributed by atoms with E-state index in [2.05, 4.69) is 0 Å². The van der Waals surface area contributed by atoms with Crippen LogP contribution in [-0.2, 0) is 4.79 Å². The molecule has 92 valence electrons. The summed E-state index contributed by atoms with van der Waals surface area (Å²) in [5.41, 5.74) is -0.222. The molecule has 0 saturated heterocycles. The SMILES string of the molecule is COc1ccc(OCCC(=O)O)cc1[N+](=O)[O-]. The lowest BCUT2D eigenvalue weighted by molar-refractivity contribution is -0.385. The summed E-state index contributed by atoms with van der Waals surface area (Å²) in [5, 5.41) is 19.1. The van der Waals surface area contributed by atoms with E-state index in [1.807, 2.05) is 0 Å². The van der Waals surface area contributed by atoms with Crippen molar-refractivity contribution in [2.24, 2.45) is 0 Å². The molecule has 0 saturated carbocycles. The van der Waals surface area contributed by atoms with Crippen LogP contribution in [-0.4, -0.2) is 29.7 Å². The number of hydrogen-bond acceptors (Lipinski definition) is 5. The van der Waals surface area contributed by atoms with Crippen molar-refractivity contribution >= 4 is 11.7 Å². The second-order valence-electron chi connectivity index (χ2n) is 3.08. The fraction of sp³-hybridized carbons (Fsp3) is 0.300. The smallest absolute Gasteiger partial charge is 0.314 e. The fourth-order valence-corrected chi connectivity index (χ4v) is 1.16. The van der Waals surface area contributed by atoms with Gasteiger partial charge < -0.3 is 14.6 Å². The van der Waals surface area contributed by atoms with Crippen molar-refractivity contribution in [2.75, 3.05) is 13.7 Å². The number of carboxylic acids is 1. The average Bonchev–Trinajstić information content (AvgIpc) is 2.28. The van der Waals surface area contributed by atoms with Crippen molar-refractivity contribution in [1.82, 2.24) is 0 Å². The van der Waals surface area contributed by atoms with Crippen LogP contribution in [0.1, 0.15) is 6.42 Å². The largest absolute Gasteiger partial charge is 0.493 e. The molecule has 0 aromatic heterocycles. The number of hydrogen-bond donors (Lipinski definition) is 1. The van der Waals surface area contributed by atoms with Crippen molar-refractivity contribution in [2.45, 2.75) is 6.42 Å². The van der Waals surface area contributed by atoms with E-state index in [1.165, 1.54) is 25.3 Å². The number of benzene rings is 1. The molecule has 0 fully saturated rings. The molecule has 0 radical (unpaired) electrons. The molecule has 0 atom stereocenters. The maximum Gasteiger partial charge on any atom is 0.314 e. The summed E-state index contributed by atoms with van der Waals surface area (Å²) in [6.45, 7) is -0.0428. The highest BCUT2D eigenvalue weighted by atomic mass is 16.6. The standard InChI is InChI=1S/C10H11NO6/c1-16-9-3-2-7(6-8(9)11(14)15)17-5-4-10(12)13/h2-3,6H,4-5H2,1H3,(H,12,13). The second kappa shape index (κ2) is 5.69. The lowest BCUT2D eigenvalue weighted by atomic mass is 10.3. The molecule has 1 aromatic carbocycles. The zero-order valence-electron chi connectivity index (χ0n) is 9.08. The molecular weight excluding hydrogens is 230 g/mol. The summed E-state index contributed by atoms with van der Waals surface area (Å²) in [4.78, 5) is 20.4. The van der Waals surface area contributed by atoms with Crippen molar-refractivity contribution in [3.8, 4) is 11.5 Å². The minimum absolute atomic E-state index is 0.0428.